The highest BCUT2D eigenvalue weighted by molar-refractivity contribution is 6.33. The Morgan fingerprint density at radius 2 is 2.00 bits per heavy atom. The number of hydrogen-bond acceptors (Lipinski definition) is 4. The van der Waals surface area contributed by atoms with E-state index in [-0.39, 0.29) is 5.95 Å². The molecule has 0 aliphatic rings. The van der Waals surface area contributed by atoms with Gasteiger partial charge in [-0.1, -0.05) is 11.6 Å². The van der Waals surface area contributed by atoms with E-state index in [0.29, 0.717) is 16.2 Å². The number of hydrogen-bond donors (Lipinski definition) is 2. The zero-order valence-corrected chi connectivity index (χ0v) is 7.42. The van der Waals surface area contributed by atoms with Crippen molar-refractivity contribution in [2.75, 3.05) is 11.5 Å². The van der Waals surface area contributed by atoms with Crippen LogP contribution in [0.4, 0.5) is 11.6 Å². The molecule has 4 nitrogen and oxygen atoms in total. The molecule has 0 amide bonds. The van der Waals surface area contributed by atoms with Crippen molar-refractivity contribution < 1.29 is 0 Å². The van der Waals surface area contributed by atoms with Gasteiger partial charge in [0.1, 0.15) is 0 Å². The van der Waals surface area contributed by atoms with Gasteiger partial charge in [0.15, 0.2) is 0 Å². The second-order valence-corrected chi connectivity index (χ2v) is 3.07. The second-order valence-electron chi connectivity index (χ2n) is 2.66. The van der Waals surface area contributed by atoms with Crippen molar-refractivity contribution in [2.24, 2.45) is 0 Å². The van der Waals surface area contributed by atoms with Crippen molar-refractivity contribution in [1.82, 2.24) is 9.97 Å². The maximum Gasteiger partial charge on any atom is 0.220 e. The van der Waals surface area contributed by atoms with Gasteiger partial charge in [-0.15, -0.1) is 0 Å². The first-order chi connectivity index (χ1) is 6.16. The van der Waals surface area contributed by atoms with Crippen molar-refractivity contribution in [3.8, 4) is 0 Å². The van der Waals surface area contributed by atoms with Crippen LogP contribution in [0, 0.1) is 0 Å². The molecule has 1 aromatic heterocycles. The first-order valence-electron chi connectivity index (χ1n) is 3.64. The summed E-state index contributed by atoms with van der Waals surface area (Å²) in [6, 6.07) is 3.39. The van der Waals surface area contributed by atoms with E-state index in [0.717, 1.165) is 5.39 Å². The van der Waals surface area contributed by atoms with Crippen molar-refractivity contribution >= 4 is 34.1 Å². The second kappa shape index (κ2) is 2.74. The van der Waals surface area contributed by atoms with Gasteiger partial charge in [0.25, 0.3) is 0 Å². The third kappa shape index (κ3) is 1.36. The van der Waals surface area contributed by atoms with E-state index in [2.05, 4.69) is 9.97 Å². The van der Waals surface area contributed by atoms with Gasteiger partial charge in [-0.2, -0.15) is 0 Å². The molecule has 0 unspecified atom stereocenters. The summed E-state index contributed by atoms with van der Waals surface area (Å²) < 4.78 is 0. The molecule has 2 aromatic rings. The van der Waals surface area contributed by atoms with Gasteiger partial charge in [0.05, 0.1) is 16.2 Å². The van der Waals surface area contributed by atoms with E-state index in [1.807, 2.05) is 0 Å². The molecule has 66 valence electrons. The van der Waals surface area contributed by atoms with Crippen LogP contribution < -0.4 is 11.5 Å². The zero-order valence-electron chi connectivity index (χ0n) is 6.66. The lowest BCUT2D eigenvalue weighted by Crippen LogP contribution is -1.95. The summed E-state index contributed by atoms with van der Waals surface area (Å²) in [7, 11) is 0. The first-order valence-corrected chi connectivity index (χ1v) is 4.02. The smallest absolute Gasteiger partial charge is 0.220 e. The number of benzene rings is 1. The predicted octanol–water partition coefficient (Wildman–Crippen LogP) is 1.45. The van der Waals surface area contributed by atoms with E-state index in [9.17, 15) is 0 Å². The van der Waals surface area contributed by atoms with E-state index in [1.54, 1.807) is 18.3 Å². The molecule has 1 heterocycles. The molecule has 5 heteroatoms. The maximum atomic E-state index is 5.82. The first kappa shape index (κ1) is 8.07. The number of rotatable bonds is 0. The zero-order chi connectivity index (χ0) is 9.42. The fourth-order valence-electron chi connectivity index (χ4n) is 1.08. The normalized spacial score (nSPS) is 10.5. The van der Waals surface area contributed by atoms with Gasteiger partial charge < -0.3 is 11.5 Å². The summed E-state index contributed by atoms with van der Waals surface area (Å²) in [5.74, 6) is 0.231. The molecule has 0 spiro atoms. The van der Waals surface area contributed by atoms with Crippen molar-refractivity contribution in [3.05, 3.63) is 23.4 Å². The van der Waals surface area contributed by atoms with E-state index in [1.165, 1.54) is 0 Å². The lowest BCUT2D eigenvalue weighted by Gasteiger charge is -2.01. The molecule has 0 bridgehead atoms. The summed E-state index contributed by atoms with van der Waals surface area (Å²) in [5, 5.41) is 1.33. The van der Waals surface area contributed by atoms with Crippen LogP contribution in [-0.2, 0) is 0 Å². The summed E-state index contributed by atoms with van der Waals surface area (Å²) in [6.07, 6.45) is 1.61. The summed E-state index contributed by atoms with van der Waals surface area (Å²) >= 11 is 5.82. The van der Waals surface area contributed by atoms with Crippen LogP contribution in [0.15, 0.2) is 18.3 Å². The molecule has 0 saturated carbocycles. The van der Waals surface area contributed by atoms with Gasteiger partial charge in [-0.3, -0.25) is 0 Å². The molecule has 0 fully saturated rings. The minimum absolute atomic E-state index is 0.231. The van der Waals surface area contributed by atoms with E-state index < -0.39 is 0 Å². The van der Waals surface area contributed by atoms with Crippen LogP contribution in [0.5, 0.6) is 0 Å². The standard InChI is InChI=1S/C8H7ClN4/c9-5-1-4-3-12-8(11)13-7(4)2-6(5)10/h1-3H,10H2,(H2,11,12,13). The van der Waals surface area contributed by atoms with Crippen LogP contribution in [0.3, 0.4) is 0 Å². The average molecular weight is 195 g/mol. The maximum absolute atomic E-state index is 5.82. The quantitative estimate of drug-likeness (QED) is 0.623. The summed E-state index contributed by atoms with van der Waals surface area (Å²) in [4.78, 5) is 7.85. The highest BCUT2D eigenvalue weighted by atomic mass is 35.5. The van der Waals surface area contributed by atoms with Gasteiger partial charge in [0, 0.05) is 11.6 Å². The van der Waals surface area contributed by atoms with Crippen molar-refractivity contribution in [3.63, 3.8) is 0 Å². The number of anilines is 2. The van der Waals surface area contributed by atoms with Gasteiger partial charge in [-0.05, 0) is 12.1 Å². The van der Waals surface area contributed by atoms with Crippen LogP contribution in [0.1, 0.15) is 0 Å². The van der Waals surface area contributed by atoms with E-state index >= 15 is 0 Å². The number of nitrogen functional groups attached to an aromatic ring is 2. The fraction of sp³-hybridized carbons (Fsp3) is 0. The Hall–Kier alpha value is -1.55. The van der Waals surface area contributed by atoms with Crippen LogP contribution in [0.2, 0.25) is 5.02 Å². The minimum Gasteiger partial charge on any atom is -0.397 e. The number of aromatic nitrogens is 2. The molecule has 0 radical (unpaired) electrons. The fourth-order valence-corrected chi connectivity index (χ4v) is 1.25. The highest BCUT2D eigenvalue weighted by Crippen LogP contribution is 2.24. The minimum atomic E-state index is 0.231. The molecule has 0 aliphatic carbocycles. The van der Waals surface area contributed by atoms with Crippen LogP contribution >= 0.6 is 11.6 Å². The van der Waals surface area contributed by atoms with E-state index in [4.69, 9.17) is 23.1 Å². The Balaban J connectivity index is 2.81. The molecule has 1 aromatic carbocycles. The molecule has 4 N–H and O–H groups in total. The Bertz CT molecular complexity index is 469. The Kier molecular flexibility index (Phi) is 1.70. The molecule has 13 heavy (non-hydrogen) atoms. The molecular weight excluding hydrogens is 188 g/mol. The Labute approximate surface area is 79.5 Å². The predicted molar refractivity (Wildman–Crippen MR) is 53.4 cm³/mol. The van der Waals surface area contributed by atoms with Crippen molar-refractivity contribution in [2.45, 2.75) is 0 Å². The molecular formula is C8H7ClN4. The Morgan fingerprint density at radius 1 is 1.23 bits per heavy atom. The summed E-state index contributed by atoms with van der Waals surface area (Å²) in [5.41, 5.74) is 12.2. The van der Waals surface area contributed by atoms with Crippen LogP contribution in [-0.4, -0.2) is 9.97 Å². The number of nitrogens with two attached hydrogens (primary N) is 2. The number of fused-ring (bicyclic) bond motifs is 1. The monoisotopic (exact) mass is 194 g/mol. The third-order valence-electron chi connectivity index (χ3n) is 1.72. The highest BCUT2D eigenvalue weighted by Gasteiger charge is 2.01. The van der Waals surface area contributed by atoms with Gasteiger partial charge >= 0.3 is 0 Å². The van der Waals surface area contributed by atoms with Gasteiger partial charge in [-0.25, -0.2) is 9.97 Å². The van der Waals surface area contributed by atoms with Crippen molar-refractivity contribution in [1.29, 1.82) is 0 Å². The average Bonchev–Trinajstić information content (AvgIpc) is 2.08. The Morgan fingerprint density at radius 3 is 2.77 bits per heavy atom. The molecule has 0 aliphatic heterocycles. The lowest BCUT2D eigenvalue weighted by atomic mass is 10.2. The SMILES string of the molecule is Nc1ncc2cc(Cl)c(N)cc2n1. The van der Waals surface area contributed by atoms with Crippen LogP contribution in [0.25, 0.3) is 10.9 Å². The number of halogens is 1. The molecule has 2 rings (SSSR count). The molecule has 0 saturated heterocycles. The topological polar surface area (TPSA) is 77.8 Å². The number of nitrogens with zero attached hydrogens (tertiary/aromatic N) is 2. The summed E-state index contributed by atoms with van der Waals surface area (Å²) in [6.45, 7) is 0. The lowest BCUT2D eigenvalue weighted by molar-refractivity contribution is 1.24. The third-order valence-corrected chi connectivity index (χ3v) is 2.04. The largest absolute Gasteiger partial charge is 0.397 e. The molecule has 0 atom stereocenters. The van der Waals surface area contributed by atoms with Gasteiger partial charge in [0.2, 0.25) is 5.95 Å².